The van der Waals surface area contributed by atoms with Crippen molar-refractivity contribution in [3.05, 3.63) is 62.9 Å². The maximum atomic E-state index is 12.9. The lowest BCUT2D eigenvalue weighted by Crippen LogP contribution is -2.38. The van der Waals surface area contributed by atoms with Crippen molar-refractivity contribution in [3.63, 3.8) is 0 Å². The van der Waals surface area contributed by atoms with E-state index in [-0.39, 0.29) is 16.5 Å². The number of piperidine rings is 1. The Morgan fingerprint density at radius 1 is 1.04 bits per heavy atom. The Balaban J connectivity index is 1.50. The van der Waals surface area contributed by atoms with E-state index in [1.807, 2.05) is 24.3 Å². The van der Waals surface area contributed by atoms with E-state index in [1.165, 1.54) is 0 Å². The van der Waals surface area contributed by atoms with E-state index in [2.05, 4.69) is 9.97 Å². The maximum absolute atomic E-state index is 12.9. The Kier molecular flexibility index (Phi) is 4.82. The number of imidazole rings is 1. The number of H-pyrrole nitrogens is 1. The van der Waals surface area contributed by atoms with Crippen molar-refractivity contribution >= 4 is 51.7 Å². The first-order valence-corrected chi connectivity index (χ1v) is 9.55. The van der Waals surface area contributed by atoms with E-state index >= 15 is 0 Å². The molecule has 1 N–H and O–H groups in total. The Bertz CT molecular complexity index is 944. The number of aromatic amines is 1. The number of para-hydroxylation sites is 2. The highest BCUT2D eigenvalue weighted by molar-refractivity contribution is 6.46. The van der Waals surface area contributed by atoms with Gasteiger partial charge in [0, 0.05) is 19.0 Å². The molecule has 1 amide bonds. The van der Waals surface area contributed by atoms with E-state index in [0.717, 1.165) is 29.7 Å². The van der Waals surface area contributed by atoms with Crippen molar-refractivity contribution < 1.29 is 4.79 Å². The summed E-state index contributed by atoms with van der Waals surface area (Å²) in [5, 5.41) is 0.865. The smallest absolute Gasteiger partial charge is 0.256 e. The van der Waals surface area contributed by atoms with E-state index in [4.69, 9.17) is 34.8 Å². The van der Waals surface area contributed by atoms with Crippen LogP contribution in [0, 0.1) is 0 Å². The van der Waals surface area contributed by atoms with Crippen LogP contribution in [0.25, 0.3) is 11.0 Å². The number of carbonyl (C=O) groups excluding carboxylic acids is 1. The minimum Gasteiger partial charge on any atom is -0.342 e. The molecule has 2 heterocycles. The van der Waals surface area contributed by atoms with Gasteiger partial charge in [-0.2, -0.15) is 0 Å². The molecule has 0 radical (unpaired) electrons. The lowest BCUT2D eigenvalue weighted by Gasteiger charge is -2.31. The Labute approximate surface area is 166 Å². The molecule has 0 unspecified atom stereocenters. The number of amides is 1. The average molecular weight is 409 g/mol. The Morgan fingerprint density at radius 2 is 1.73 bits per heavy atom. The number of nitrogens with one attached hydrogen (secondary N) is 1. The van der Waals surface area contributed by atoms with Crippen molar-refractivity contribution in [2.24, 2.45) is 0 Å². The monoisotopic (exact) mass is 407 g/mol. The van der Waals surface area contributed by atoms with Gasteiger partial charge in [0.15, 0.2) is 0 Å². The molecular formula is C19H16Cl3N3O. The van der Waals surface area contributed by atoms with E-state index in [9.17, 15) is 4.79 Å². The van der Waals surface area contributed by atoms with Gasteiger partial charge in [-0.15, -0.1) is 0 Å². The molecule has 2 aromatic carbocycles. The standard InChI is InChI=1S/C19H16Cl3N3O/c20-12-5-6-13(21)17(22)16(12)19(26)25-9-7-11(8-10-25)18-23-14-3-1-2-4-15(14)24-18/h1-6,11H,7-10H2,(H,23,24). The highest BCUT2D eigenvalue weighted by Crippen LogP contribution is 2.34. The van der Waals surface area contributed by atoms with Crippen LogP contribution in [0.4, 0.5) is 0 Å². The van der Waals surface area contributed by atoms with Crippen LogP contribution in [0.5, 0.6) is 0 Å². The van der Waals surface area contributed by atoms with E-state index < -0.39 is 0 Å². The molecule has 0 bridgehead atoms. The third-order valence-electron chi connectivity index (χ3n) is 4.83. The second-order valence-electron chi connectivity index (χ2n) is 6.42. The van der Waals surface area contributed by atoms with E-state index in [0.29, 0.717) is 29.1 Å². The van der Waals surface area contributed by atoms with Crippen LogP contribution in [-0.4, -0.2) is 33.9 Å². The third-order valence-corrected chi connectivity index (χ3v) is 5.95. The second kappa shape index (κ2) is 7.10. The van der Waals surface area contributed by atoms with Crippen LogP contribution in [0.1, 0.15) is 34.9 Å². The van der Waals surface area contributed by atoms with Crippen molar-refractivity contribution in [2.45, 2.75) is 18.8 Å². The number of nitrogens with zero attached hydrogens (tertiary/aromatic N) is 2. The molecule has 26 heavy (non-hydrogen) atoms. The van der Waals surface area contributed by atoms with Crippen LogP contribution in [-0.2, 0) is 0 Å². The molecule has 0 saturated carbocycles. The molecular weight excluding hydrogens is 393 g/mol. The van der Waals surface area contributed by atoms with Gasteiger partial charge in [0.1, 0.15) is 5.82 Å². The number of likely N-dealkylation sites (tertiary alicyclic amines) is 1. The minimum atomic E-state index is -0.175. The predicted molar refractivity (Wildman–Crippen MR) is 105 cm³/mol. The number of halogens is 3. The number of fused-ring (bicyclic) bond motifs is 1. The summed E-state index contributed by atoms with van der Waals surface area (Å²) in [4.78, 5) is 22.7. The van der Waals surface area contributed by atoms with Gasteiger partial charge in [-0.25, -0.2) is 4.98 Å². The zero-order valence-electron chi connectivity index (χ0n) is 13.8. The molecule has 1 aliphatic rings. The molecule has 1 aromatic heterocycles. The van der Waals surface area contributed by atoms with Crippen LogP contribution in [0.2, 0.25) is 15.1 Å². The van der Waals surface area contributed by atoms with Crippen molar-refractivity contribution in [2.75, 3.05) is 13.1 Å². The number of carbonyl (C=O) groups is 1. The first-order valence-electron chi connectivity index (χ1n) is 8.42. The molecule has 4 nitrogen and oxygen atoms in total. The van der Waals surface area contributed by atoms with Crippen molar-refractivity contribution in [3.8, 4) is 0 Å². The zero-order valence-corrected chi connectivity index (χ0v) is 16.1. The van der Waals surface area contributed by atoms with Gasteiger partial charge in [-0.3, -0.25) is 4.79 Å². The quantitative estimate of drug-likeness (QED) is 0.566. The fourth-order valence-corrected chi connectivity index (χ4v) is 4.09. The van der Waals surface area contributed by atoms with Gasteiger partial charge in [-0.1, -0.05) is 46.9 Å². The molecule has 1 saturated heterocycles. The lowest BCUT2D eigenvalue weighted by atomic mass is 9.95. The summed E-state index contributed by atoms with van der Waals surface area (Å²) in [7, 11) is 0. The fraction of sp³-hybridized carbons (Fsp3) is 0.263. The molecule has 134 valence electrons. The van der Waals surface area contributed by atoms with Gasteiger partial charge in [0.25, 0.3) is 5.91 Å². The molecule has 1 fully saturated rings. The first-order chi connectivity index (χ1) is 12.5. The zero-order chi connectivity index (χ0) is 18.3. The Morgan fingerprint density at radius 3 is 2.46 bits per heavy atom. The summed E-state index contributed by atoms with van der Waals surface area (Å²) >= 11 is 18.4. The number of hydrogen-bond donors (Lipinski definition) is 1. The minimum absolute atomic E-state index is 0.175. The topological polar surface area (TPSA) is 49.0 Å². The highest BCUT2D eigenvalue weighted by atomic mass is 35.5. The SMILES string of the molecule is O=C(c1c(Cl)ccc(Cl)c1Cl)N1CCC(c2nc3ccccc3[nH]2)CC1. The predicted octanol–water partition coefficient (Wildman–Crippen LogP) is 5.54. The van der Waals surface area contributed by atoms with Gasteiger partial charge < -0.3 is 9.88 Å². The molecule has 0 aliphatic carbocycles. The van der Waals surface area contributed by atoms with Gasteiger partial charge in [0.05, 0.1) is 31.7 Å². The highest BCUT2D eigenvalue weighted by Gasteiger charge is 2.29. The Hall–Kier alpha value is -1.75. The summed E-state index contributed by atoms with van der Waals surface area (Å²) in [5.41, 5.74) is 2.29. The van der Waals surface area contributed by atoms with Crippen LogP contribution in [0.3, 0.4) is 0 Å². The summed E-state index contributed by atoms with van der Waals surface area (Å²) in [6.45, 7) is 1.25. The first kappa shape index (κ1) is 17.7. The van der Waals surface area contributed by atoms with Crippen LogP contribution < -0.4 is 0 Å². The summed E-state index contributed by atoms with van der Waals surface area (Å²) in [6.07, 6.45) is 1.67. The maximum Gasteiger partial charge on any atom is 0.256 e. The number of benzene rings is 2. The largest absolute Gasteiger partial charge is 0.342 e. The van der Waals surface area contributed by atoms with Crippen molar-refractivity contribution in [1.29, 1.82) is 0 Å². The third kappa shape index (κ3) is 3.18. The molecule has 3 aromatic rings. The summed E-state index contributed by atoms with van der Waals surface area (Å²) < 4.78 is 0. The lowest BCUT2D eigenvalue weighted by molar-refractivity contribution is 0.0711. The second-order valence-corrected chi connectivity index (χ2v) is 7.62. The molecule has 7 heteroatoms. The van der Waals surface area contributed by atoms with E-state index in [1.54, 1.807) is 17.0 Å². The molecule has 0 spiro atoms. The number of aromatic nitrogens is 2. The van der Waals surface area contributed by atoms with Crippen LogP contribution >= 0.6 is 34.8 Å². The summed E-state index contributed by atoms with van der Waals surface area (Å²) in [6, 6.07) is 11.2. The van der Waals surface area contributed by atoms with Crippen molar-refractivity contribution in [1.82, 2.24) is 14.9 Å². The van der Waals surface area contributed by atoms with Crippen LogP contribution in [0.15, 0.2) is 36.4 Å². The van der Waals surface area contributed by atoms with Gasteiger partial charge >= 0.3 is 0 Å². The summed E-state index contributed by atoms with van der Waals surface area (Å²) in [5.74, 6) is 1.11. The number of hydrogen-bond acceptors (Lipinski definition) is 2. The average Bonchev–Trinajstić information content (AvgIpc) is 3.09. The van der Waals surface area contributed by atoms with Gasteiger partial charge in [0.2, 0.25) is 0 Å². The molecule has 4 rings (SSSR count). The normalized spacial score (nSPS) is 15.6. The van der Waals surface area contributed by atoms with Gasteiger partial charge in [-0.05, 0) is 37.1 Å². The fourth-order valence-electron chi connectivity index (χ4n) is 3.40. The molecule has 1 aliphatic heterocycles. The molecule has 0 atom stereocenters. The number of rotatable bonds is 2.